The fourth-order valence-electron chi connectivity index (χ4n) is 4.00. The van der Waals surface area contributed by atoms with Gasteiger partial charge < -0.3 is 5.11 Å². The van der Waals surface area contributed by atoms with Crippen molar-refractivity contribution in [1.82, 2.24) is 14.5 Å². The fraction of sp³-hybridized carbons (Fsp3) is 0.292. The molecule has 1 unspecified atom stereocenters. The molecule has 154 valence electrons. The Bertz CT molecular complexity index is 1240. The first kappa shape index (κ1) is 20.6. The predicted octanol–water partition coefficient (Wildman–Crippen LogP) is 4.59. The van der Waals surface area contributed by atoms with Crippen LogP contribution in [-0.4, -0.2) is 32.5 Å². The lowest BCUT2D eigenvalue weighted by Crippen LogP contribution is -2.25. The van der Waals surface area contributed by atoms with Crippen LogP contribution in [0.5, 0.6) is 0 Å². The predicted molar refractivity (Wildman–Crippen MR) is 123 cm³/mol. The second-order valence-corrected chi connectivity index (χ2v) is 8.22. The van der Waals surface area contributed by atoms with Crippen molar-refractivity contribution in [3.05, 3.63) is 76.5 Å². The second kappa shape index (κ2) is 8.98. The Kier molecular flexibility index (Phi) is 6.16. The van der Waals surface area contributed by atoms with Crippen LogP contribution in [0.4, 0.5) is 0 Å². The number of aromatic nitrogens is 3. The number of pyridine rings is 1. The minimum Gasteiger partial charge on any atom is -0.396 e. The number of nitrogens with zero attached hydrogens (tertiary/aromatic N) is 3. The molecule has 4 aromatic rings. The minimum atomic E-state index is -0.0578. The Morgan fingerprint density at radius 1 is 1.10 bits per heavy atom. The van der Waals surface area contributed by atoms with Crippen molar-refractivity contribution in [2.75, 3.05) is 12.9 Å². The summed E-state index contributed by atoms with van der Waals surface area (Å²) in [5.74, 6) is 0. The molecular weight excluding hydrogens is 394 g/mol. The zero-order chi connectivity index (χ0) is 21.1. The maximum Gasteiger partial charge on any atom is 0.261 e. The monoisotopic (exact) mass is 419 g/mol. The molecule has 0 fully saturated rings. The molecule has 2 heterocycles. The highest BCUT2D eigenvalue weighted by Gasteiger charge is 2.16. The number of rotatable bonds is 7. The van der Waals surface area contributed by atoms with E-state index in [1.165, 1.54) is 0 Å². The molecule has 0 aliphatic carbocycles. The number of aliphatic hydroxyl groups excluding tert-OH is 1. The largest absolute Gasteiger partial charge is 0.396 e. The number of fused-ring (bicyclic) bond motifs is 3. The number of thioether (sulfide) groups is 1. The highest BCUT2D eigenvalue weighted by Crippen LogP contribution is 2.28. The molecule has 4 rings (SSSR count). The summed E-state index contributed by atoms with van der Waals surface area (Å²) >= 11 is 1.62. The summed E-state index contributed by atoms with van der Waals surface area (Å²) in [6.45, 7) is 2.07. The van der Waals surface area contributed by atoms with Crippen molar-refractivity contribution in [1.29, 1.82) is 0 Å². The van der Waals surface area contributed by atoms with E-state index in [-0.39, 0.29) is 18.2 Å². The zero-order valence-electron chi connectivity index (χ0n) is 17.2. The molecule has 2 aromatic heterocycles. The van der Waals surface area contributed by atoms with Crippen LogP contribution in [0.25, 0.3) is 21.7 Å². The Morgan fingerprint density at radius 3 is 2.57 bits per heavy atom. The average Bonchev–Trinajstić information content (AvgIpc) is 2.79. The summed E-state index contributed by atoms with van der Waals surface area (Å²) in [7, 11) is 0. The molecule has 0 saturated heterocycles. The van der Waals surface area contributed by atoms with Crippen molar-refractivity contribution in [3.8, 4) is 0 Å². The van der Waals surface area contributed by atoms with Crippen LogP contribution in [0.15, 0.2) is 64.8 Å². The van der Waals surface area contributed by atoms with Crippen LogP contribution in [0, 0.1) is 0 Å². The number of hydrogen-bond donors (Lipinski definition) is 1. The summed E-state index contributed by atoms with van der Waals surface area (Å²) < 4.78 is 1.67. The van der Waals surface area contributed by atoms with Gasteiger partial charge in [0.2, 0.25) is 0 Å². The summed E-state index contributed by atoms with van der Waals surface area (Å²) in [6, 6.07) is 14.2. The molecule has 0 bridgehead atoms. The summed E-state index contributed by atoms with van der Waals surface area (Å²) in [5, 5.41) is 13.1. The highest BCUT2D eigenvalue weighted by molar-refractivity contribution is 7.98. The maximum absolute atomic E-state index is 13.4. The van der Waals surface area contributed by atoms with Crippen molar-refractivity contribution in [2.24, 2.45) is 0 Å². The van der Waals surface area contributed by atoms with E-state index in [1.807, 2.05) is 49.7 Å². The first-order valence-electron chi connectivity index (χ1n) is 10.2. The molecule has 5 nitrogen and oxygen atoms in total. The van der Waals surface area contributed by atoms with E-state index in [2.05, 4.69) is 22.1 Å². The Balaban J connectivity index is 1.89. The molecular formula is C24H25N3O2S. The summed E-state index contributed by atoms with van der Waals surface area (Å²) in [6.07, 6.45) is 7.54. The highest BCUT2D eigenvalue weighted by atomic mass is 32.2. The van der Waals surface area contributed by atoms with Gasteiger partial charge in [0.05, 0.1) is 22.3 Å². The van der Waals surface area contributed by atoms with E-state index in [1.54, 1.807) is 22.7 Å². The van der Waals surface area contributed by atoms with Gasteiger partial charge in [0.15, 0.2) is 0 Å². The lowest BCUT2D eigenvalue weighted by Gasteiger charge is -2.18. The lowest BCUT2D eigenvalue weighted by molar-refractivity contribution is 0.252. The van der Waals surface area contributed by atoms with Gasteiger partial charge in [-0.05, 0) is 54.2 Å². The first-order valence-corrected chi connectivity index (χ1v) is 11.4. The van der Waals surface area contributed by atoms with Gasteiger partial charge >= 0.3 is 0 Å². The van der Waals surface area contributed by atoms with Crippen LogP contribution < -0.4 is 5.56 Å². The second-order valence-electron chi connectivity index (χ2n) is 7.39. The first-order chi connectivity index (χ1) is 14.7. The van der Waals surface area contributed by atoms with Gasteiger partial charge in [-0.25, -0.2) is 9.97 Å². The van der Waals surface area contributed by atoms with Crippen LogP contribution >= 0.6 is 11.8 Å². The average molecular weight is 420 g/mol. The van der Waals surface area contributed by atoms with Gasteiger partial charge in [-0.2, -0.15) is 0 Å². The normalized spacial score (nSPS) is 12.5. The smallest absolute Gasteiger partial charge is 0.261 e. The lowest BCUT2D eigenvalue weighted by atomic mass is 9.96. The molecule has 0 spiro atoms. The molecule has 0 aliphatic rings. The van der Waals surface area contributed by atoms with Crippen LogP contribution in [0.3, 0.4) is 0 Å². The number of hydrogen-bond acceptors (Lipinski definition) is 5. The maximum atomic E-state index is 13.4. The van der Waals surface area contributed by atoms with Crippen molar-refractivity contribution in [2.45, 2.75) is 37.3 Å². The number of benzene rings is 2. The van der Waals surface area contributed by atoms with Gasteiger partial charge in [0, 0.05) is 24.2 Å². The molecule has 2 aromatic carbocycles. The van der Waals surface area contributed by atoms with Gasteiger partial charge in [0.1, 0.15) is 0 Å². The van der Waals surface area contributed by atoms with E-state index >= 15 is 0 Å². The van der Waals surface area contributed by atoms with Gasteiger partial charge in [-0.3, -0.25) is 9.36 Å². The SMILES string of the molecule is CCC(CCO)n1cnc2c(cc(Cc3ccc(SC)nc3)c3ccccc32)c1=O. The van der Waals surface area contributed by atoms with Gasteiger partial charge in [-0.15, -0.1) is 11.8 Å². The van der Waals surface area contributed by atoms with Crippen molar-refractivity contribution in [3.63, 3.8) is 0 Å². The van der Waals surface area contributed by atoms with E-state index in [4.69, 9.17) is 0 Å². The Labute approximate surface area is 179 Å². The summed E-state index contributed by atoms with van der Waals surface area (Å²) in [5.41, 5.74) is 2.87. The van der Waals surface area contributed by atoms with Crippen molar-refractivity contribution >= 4 is 33.4 Å². The quantitative estimate of drug-likeness (QED) is 0.350. The number of aliphatic hydroxyl groups is 1. The van der Waals surface area contributed by atoms with E-state index in [0.717, 1.165) is 38.9 Å². The van der Waals surface area contributed by atoms with Crippen LogP contribution in [0.1, 0.15) is 36.9 Å². The third-order valence-electron chi connectivity index (χ3n) is 5.61. The Hall–Kier alpha value is -2.70. The molecule has 0 amide bonds. The van der Waals surface area contributed by atoms with E-state index in [9.17, 15) is 9.90 Å². The third-order valence-corrected chi connectivity index (χ3v) is 6.27. The molecule has 30 heavy (non-hydrogen) atoms. The van der Waals surface area contributed by atoms with Gasteiger partial charge in [0.25, 0.3) is 5.56 Å². The Morgan fingerprint density at radius 2 is 1.90 bits per heavy atom. The third kappa shape index (κ3) is 3.85. The standard InChI is InChI=1S/C24H25N3O2S/c1-3-18(10-11-28)27-15-26-23-20-7-5-4-6-19(20)17(13-21(23)24(27)29)12-16-8-9-22(30-2)25-14-16/h4-9,13-15,18,28H,3,10-12H2,1-2H3. The molecule has 0 saturated carbocycles. The molecule has 1 atom stereocenters. The summed E-state index contributed by atoms with van der Waals surface area (Å²) in [4.78, 5) is 22.5. The van der Waals surface area contributed by atoms with Crippen LogP contribution in [0.2, 0.25) is 0 Å². The zero-order valence-corrected chi connectivity index (χ0v) is 18.0. The topological polar surface area (TPSA) is 68.0 Å². The van der Waals surface area contributed by atoms with E-state index < -0.39 is 0 Å². The molecule has 0 radical (unpaired) electrons. The molecule has 6 heteroatoms. The van der Waals surface area contributed by atoms with Crippen LogP contribution in [-0.2, 0) is 6.42 Å². The molecule has 1 N–H and O–H groups in total. The van der Waals surface area contributed by atoms with E-state index in [0.29, 0.717) is 18.2 Å². The van der Waals surface area contributed by atoms with Gasteiger partial charge in [-0.1, -0.05) is 37.3 Å². The minimum absolute atomic E-state index is 0.0466. The fourth-order valence-corrected chi connectivity index (χ4v) is 4.36. The van der Waals surface area contributed by atoms with Crippen molar-refractivity contribution < 1.29 is 5.11 Å². The molecule has 0 aliphatic heterocycles.